The molecule has 2 amide bonds. The topological polar surface area (TPSA) is 47.0 Å². The Kier molecular flexibility index (Phi) is 6.12. The van der Waals surface area contributed by atoms with Crippen molar-refractivity contribution in [2.24, 2.45) is 0 Å². The van der Waals surface area contributed by atoms with Gasteiger partial charge in [0, 0.05) is 20.1 Å². The van der Waals surface area contributed by atoms with Crippen molar-refractivity contribution in [1.29, 1.82) is 0 Å². The number of urea groups is 1. The zero-order chi connectivity index (χ0) is 22.0. The molecule has 1 N–H and O–H groups in total. The van der Waals surface area contributed by atoms with Crippen molar-refractivity contribution >= 4 is 11.6 Å². The van der Waals surface area contributed by atoms with Crippen LogP contribution in [0.1, 0.15) is 17.5 Å². The molecular formula is C25H30FN3O2. The van der Waals surface area contributed by atoms with Gasteiger partial charge in [0.2, 0.25) is 0 Å². The van der Waals surface area contributed by atoms with Crippen molar-refractivity contribution in [2.45, 2.75) is 24.0 Å². The summed E-state index contributed by atoms with van der Waals surface area (Å²) in [5.74, 6) is 0. The number of carbonyl (C=O) groups is 1. The van der Waals surface area contributed by atoms with E-state index in [2.05, 4.69) is 0 Å². The molecule has 3 atom stereocenters. The van der Waals surface area contributed by atoms with E-state index in [1.165, 1.54) is 0 Å². The molecule has 0 spiro atoms. The normalized spacial score (nSPS) is 26.2. The number of benzene rings is 2. The van der Waals surface area contributed by atoms with Gasteiger partial charge in [0.25, 0.3) is 0 Å². The van der Waals surface area contributed by atoms with Crippen LogP contribution in [-0.2, 0) is 5.54 Å². The molecule has 0 bridgehead atoms. The molecule has 0 aliphatic carbocycles. The summed E-state index contributed by atoms with van der Waals surface area (Å²) >= 11 is 0. The first kappa shape index (κ1) is 21.5. The third-order valence-electron chi connectivity index (χ3n) is 6.86. The minimum Gasteiger partial charge on any atom is -0.393 e. The van der Waals surface area contributed by atoms with Crippen molar-refractivity contribution in [2.75, 3.05) is 40.5 Å². The quantitative estimate of drug-likeness (QED) is 0.802. The lowest BCUT2D eigenvalue weighted by atomic mass is 9.89. The number of likely N-dealkylation sites (N-methyl/N-ethyl adjacent to an activating group) is 2. The minimum atomic E-state index is -0.965. The molecule has 4 rings (SSSR count). The molecule has 1 saturated heterocycles. The number of halogens is 1. The molecule has 0 radical (unpaired) electrons. The second kappa shape index (κ2) is 8.81. The van der Waals surface area contributed by atoms with E-state index >= 15 is 0 Å². The van der Waals surface area contributed by atoms with Gasteiger partial charge in [-0.2, -0.15) is 0 Å². The van der Waals surface area contributed by atoms with Crippen molar-refractivity contribution in [1.82, 2.24) is 14.7 Å². The fourth-order valence-corrected chi connectivity index (χ4v) is 4.97. The highest BCUT2D eigenvalue weighted by atomic mass is 19.1. The number of nitrogens with zero attached hydrogens (tertiary/aromatic N) is 3. The van der Waals surface area contributed by atoms with Crippen LogP contribution >= 0.6 is 0 Å². The molecule has 2 heterocycles. The lowest BCUT2D eigenvalue weighted by Gasteiger charge is -2.41. The van der Waals surface area contributed by atoms with Crippen molar-refractivity contribution in [3.05, 3.63) is 77.9 Å². The van der Waals surface area contributed by atoms with Crippen LogP contribution in [0.15, 0.2) is 66.7 Å². The Balaban J connectivity index is 1.72. The van der Waals surface area contributed by atoms with Gasteiger partial charge >= 0.3 is 6.03 Å². The van der Waals surface area contributed by atoms with Gasteiger partial charge in [0.1, 0.15) is 12.2 Å². The molecule has 5 nitrogen and oxygen atoms in total. The van der Waals surface area contributed by atoms with E-state index in [9.17, 15) is 14.3 Å². The van der Waals surface area contributed by atoms with Crippen LogP contribution in [0.25, 0.3) is 5.57 Å². The number of aliphatic hydroxyl groups is 1. The number of aliphatic hydroxyl groups excluding tert-OH is 1. The van der Waals surface area contributed by atoms with E-state index in [1.54, 1.807) is 16.8 Å². The number of carbonyl (C=O) groups excluding carboxylic acids is 1. The summed E-state index contributed by atoms with van der Waals surface area (Å²) in [5.41, 5.74) is 1.91. The van der Waals surface area contributed by atoms with Crippen LogP contribution in [0.5, 0.6) is 0 Å². The highest BCUT2D eigenvalue weighted by Gasteiger charge is 2.47. The first-order valence-corrected chi connectivity index (χ1v) is 10.8. The maximum Gasteiger partial charge on any atom is 0.321 e. The highest BCUT2D eigenvalue weighted by molar-refractivity contribution is 5.83. The molecule has 2 unspecified atom stereocenters. The van der Waals surface area contributed by atoms with Gasteiger partial charge in [-0.05, 0) is 36.2 Å². The van der Waals surface area contributed by atoms with Crippen LogP contribution in [0.2, 0.25) is 0 Å². The van der Waals surface area contributed by atoms with Gasteiger partial charge in [0.05, 0.1) is 18.7 Å². The lowest BCUT2D eigenvalue weighted by Crippen LogP contribution is -2.56. The number of hydrogen-bond acceptors (Lipinski definition) is 3. The summed E-state index contributed by atoms with van der Waals surface area (Å²) in [6, 6.07) is 18.9. The first-order valence-electron chi connectivity index (χ1n) is 10.8. The Morgan fingerprint density at radius 2 is 1.81 bits per heavy atom. The summed E-state index contributed by atoms with van der Waals surface area (Å²) in [4.78, 5) is 19.2. The maximum absolute atomic E-state index is 13.8. The summed E-state index contributed by atoms with van der Waals surface area (Å²) in [7, 11) is 3.65. The summed E-state index contributed by atoms with van der Waals surface area (Å²) in [6.07, 6.45) is 2.74. The van der Waals surface area contributed by atoms with E-state index in [4.69, 9.17) is 0 Å². The van der Waals surface area contributed by atoms with Gasteiger partial charge in [0.15, 0.2) is 0 Å². The van der Waals surface area contributed by atoms with E-state index < -0.39 is 12.2 Å². The molecular weight excluding hydrogens is 393 g/mol. The Hall–Kier alpha value is -2.70. The SMILES string of the molecule is CN1CCC(N(C)C(=O)N2CC(c3ccccc3)=C[C@@]2(CO)c2ccccc2)C1CF. The summed E-state index contributed by atoms with van der Waals surface area (Å²) < 4.78 is 13.7. The molecule has 2 aromatic rings. The molecule has 31 heavy (non-hydrogen) atoms. The molecule has 0 aromatic heterocycles. The Labute approximate surface area is 183 Å². The zero-order valence-corrected chi connectivity index (χ0v) is 18.1. The van der Waals surface area contributed by atoms with Crippen LogP contribution in [0, 0.1) is 0 Å². The number of rotatable bonds is 5. The smallest absolute Gasteiger partial charge is 0.321 e. The third kappa shape index (κ3) is 3.75. The van der Waals surface area contributed by atoms with Crippen LogP contribution in [0.4, 0.5) is 9.18 Å². The standard InChI is InChI=1S/C25H30FN3O2/c1-27-14-13-22(23(27)16-26)28(2)24(31)29-17-20(19-9-5-3-6-10-19)15-25(29,18-30)21-11-7-4-8-12-21/h3-12,15,22-23,30H,13-14,16-18H2,1-2H3/t22?,23?,25-/m1/s1. The second-order valence-electron chi connectivity index (χ2n) is 8.52. The third-order valence-corrected chi connectivity index (χ3v) is 6.86. The highest BCUT2D eigenvalue weighted by Crippen LogP contribution is 2.41. The number of alkyl halides is 1. The molecule has 0 saturated carbocycles. The second-order valence-corrected chi connectivity index (χ2v) is 8.52. The Morgan fingerprint density at radius 3 is 2.42 bits per heavy atom. The van der Waals surface area contributed by atoms with Gasteiger partial charge in [-0.25, -0.2) is 9.18 Å². The van der Waals surface area contributed by atoms with E-state index in [-0.39, 0.29) is 24.7 Å². The molecule has 6 heteroatoms. The molecule has 2 aliphatic heterocycles. The largest absolute Gasteiger partial charge is 0.393 e. The van der Waals surface area contributed by atoms with Gasteiger partial charge in [-0.1, -0.05) is 60.7 Å². The number of amides is 2. The lowest BCUT2D eigenvalue weighted by molar-refractivity contribution is 0.0732. The van der Waals surface area contributed by atoms with E-state index in [1.807, 2.05) is 78.7 Å². The van der Waals surface area contributed by atoms with Gasteiger partial charge in [-0.3, -0.25) is 4.90 Å². The maximum atomic E-state index is 13.8. The monoisotopic (exact) mass is 423 g/mol. The van der Waals surface area contributed by atoms with Crippen LogP contribution < -0.4 is 0 Å². The first-order chi connectivity index (χ1) is 15.0. The summed E-state index contributed by atoms with van der Waals surface area (Å²) in [6.45, 7) is 0.417. The summed E-state index contributed by atoms with van der Waals surface area (Å²) in [5, 5.41) is 10.6. The fraction of sp³-hybridized carbons (Fsp3) is 0.400. The molecule has 164 valence electrons. The van der Waals surface area contributed by atoms with Gasteiger partial charge < -0.3 is 14.9 Å². The number of likely N-dealkylation sites (tertiary alicyclic amines) is 1. The van der Waals surface area contributed by atoms with E-state index in [0.717, 1.165) is 29.7 Å². The predicted octanol–water partition coefficient (Wildman–Crippen LogP) is 3.37. The average Bonchev–Trinajstić information content (AvgIpc) is 3.40. The molecule has 2 aliphatic rings. The van der Waals surface area contributed by atoms with E-state index in [0.29, 0.717) is 6.54 Å². The molecule has 1 fully saturated rings. The Morgan fingerprint density at radius 1 is 1.16 bits per heavy atom. The predicted molar refractivity (Wildman–Crippen MR) is 120 cm³/mol. The fourth-order valence-electron chi connectivity index (χ4n) is 4.97. The average molecular weight is 424 g/mol. The van der Waals surface area contributed by atoms with Crippen molar-refractivity contribution in [3.63, 3.8) is 0 Å². The zero-order valence-electron chi connectivity index (χ0n) is 18.1. The Bertz CT molecular complexity index is 936. The molecule has 2 aromatic carbocycles. The van der Waals surface area contributed by atoms with Crippen LogP contribution in [-0.4, -0.2) is 78.4 Å². The number of hydrogen-bond donors (Lipinski definition) is 1. The van der Waals surface area contributed by atoms with Crippen LogP contribution in [0.3, 0.4) is 0 Å². The van der Waals surface area contributed by atoms with Crippen molar-refractivity contribution < 1.29 is 14.3 Å². The van der Waals surface area contributed by atoms with Gasteiger partial charge in [-0.15, -0.1) is 0 Å². The minimum absolute atomic E-state index is 0.196. The van der Waals surface area contributed by atoms with Crippen molar-refractivity contribution in [3.8, 4) is 0 Å².